The number of rotatable bonds is 9. The van der Waals surface area contributed by atoms with Crippen LogP contribution in [0.15, 0.2) is 46.2 Å². The lowest BCUT2D eigenvalue weighted by Crippen LogP contribution is -2.28. The van der Waals surface area contributed by atoms with Crippen LogP contribution in [0.1, 0.15) is 26.7 Å². The summed E-state index contributed by atoms with van der Waals surface area (Å²) in [7, 11) is -6.74. The summed E-state index contributed by atoms with van der Waals surface area (Å²) in [5, 5.41) is 2.53. The van der Waals surface area contributed by atoms with Crippen LogP contribution in [0.2, 0.25) is 0 Å². The molecule has 0 atom stereocenters. The maximum absolute atomic E-state index is 13.2. The summed E-state index contributed by atoms with van der Waals surface area (Å²) >= 11 is 0. The number of amides is 1. The van der Waals surface area contributed by atoms with E-state index in [1.165, 1.54) is 54.7 Å². The Bertz CT molecular complexity index is 1240. The van der Waals surface area contributed by atoms with Crippen LogP contribution in [-0.4, -0.2) is 53.9 Å². The molecule has 2 aromatic carbocycles. The van der Waals surface area contributed by atoms with E-state index in [0.717, 1.165) is 12.8 Å². The zero-order valence-electron chi connectivity index (χ0n) is 18.6. The van der Waals surface area contributed by atoms with Gasteiger partial charge in [-0.3, -0.25) is 9.52 Å². The van der Waals surface area contributed by atoms with Crippen LogP contribution in [0.5, 0.6) is 11.5 Å². The second-order valence-corrected chi connectivity index (χ2v) is 10.9. The van der Waals surface area contributed by atoms with Crippen molar-refractivity contribution in [3.05, 3.63) is 36.4 Å². The third kappa shape index (κ3) is 5.57. The van der Waals surface area contributed by atoms with E-state index in [2.05, 4.69) is 10.0 Å². The van der Waals surface area contributed by atoms with Crippen LogP contribution in [0.4, 0.5) is 11.4 Å². The second-order valence-electron chi connectivity index (χ2n) is 7.36. The number of hydrogen-bond acceptors (Lipinski definition) is 7. The molecule has 0 spiro atoms. The minimum absolute atomic E-state index is 0.0446. The summed E-state index contributed by atoms with van der Waals surface area (Å²) in [5.41, 5.74) is 0.316. The molecule has 1 amide bonds. The van der Waals surface area contributed by atoms with Crippen LogP contribution >= 0.6 is 0 Å². The van der Waals surface area contributed by atoms with Gasteiger partial charge >= 0.3 is 0 Å². The summed E-state index contributed by atoms with van der Waals surface area (Å²) in [4.78, 5) is 11.0. The summed E-state index contributed by atoms with van der Waals surface area (Å²) in [6.45, 7) is 4.09. The molecule has 1 aliphatic heterocycles. The fourth-order valence-corrected chi connectivity index (χ4v) is 6.41. The van der Waals surface area contributed by atoms with Crippen molar-refractivity contribution in [2.24, 2.45) is 0 Å². The highest BCUT2D eigenvalue weighted by molar-refractivity contribution is 7.92. The molecule has 0 aliphatic carbocycles. The smallest absolute Gasteiger partial charge is 0.265 e. The first-order chi connectivity index (χ1) is 15.6. The Labute approximate surface area is 194 Å². The maximum atomic E-state index is 13.2. The van der Waals surface area contributed by atoms with Crippen molar-refractivity contribution in [3.63, 3.8) is 0 Å². The third-order valence-corrected chi connectivity index (χ3v) is 8.27. The lowest BCUT2D eigenvalue weighted by atomic mass is 10.3. The lowest BCUT2D eigenvalue weighted by molar-refractivity contribution is -0.114. The Balaban J connectivity index is 2.01. The number of hydrogen-bond donors (Lipinski definition) is 2. The number of benzene rings is 2. The Morgan fingerprint density at radius 2 is 1.58 bits per heavy atom. The maximum Gasteiger partial charge on any atom is 0.265 e. The molecule has 3 rings (SSSR count). The summed E-state index contributed by atoms with van der Waals surface area (Å²) in [5.74, 6) is -0.148. The zero-order valence-corrected chi connectivity index (χ0v) is 20.3. The minimum atomic E-state index is -4.20. The fourth-order valence-electron chi connectivity index (χ4n) is 3.49. The van der Waals surface area contributed by atoms with Gasteiger partial charge in [0.25, 0.3) is 10.0 Å². The molecule has 33 heavy (non-hydrogen) atoms. The van der Waals surface area contributed by atoms with Gasteiger partial charge in [-0.2, -0.15) is 4.31 Å². The highest BCUT2D eigenvalue weighted by atomic mass is 32.2. The van der Waals surface area contributed by atoms with Crippen molar-refractivity contribution < 1.29 is 31.1 Å². The van der Waals surface area contributed by atoms with Crippen LogP contribution in [0, 0.1) is 0 Å². The first-order valence-corrected chi connectivity index (χ1v) is 13.3. The molecule has 2 N–H and O–H groups in total. The number of anilines is 2. The molecule has 1 saturated heterocycles. The molecule has 1 fully saturated rings. The van der Waals surface area contributed by atoms with Crippen LogP contribution in [-0.2, 0) is 24.8 Å². The number of methoxy groups -OCH3 is 1. The van der Waals surface area contributed by atoms with E-state index in [1.54, 1.807) is 6.92 Å². The third-order valence-electron chi connectivity index (χ3n) is 4.95. The van der Waals surface area contributed by atoms with E-state index in [9.17, 15) is 21.6 Å². The number of carbonyl (C=O) groups is 1. The summed E-state index contributed by atoms with van der Waals surface area (Å²) in [6.07, 6.45) is 1.53. The second kappa shape index (κ2) is 9.98. The van der Waals surface area contributed by atoms with Crippen molar-refractivity contribution in [2.45, 2.75) is 36.5 Å². The molecule has 1 aliphatic rings. The molecular formula is C21H27N3O7S2. The molecule has 0 radical (unpaired) electrons. The lowest BCUT2D eigenvalue weighted by Gasteiger charge is -2.19. The normalized spacial score (nSPS) is 14.6. The van der Waals surface area contributed by atoms with E-state index in [-0.39, 0.29) is 45.2 Å². The SMILES string of the molecule is CCOc1ccc(NS(=O)(=O)c2cc(NC(C)=O)ccc2OC)cc1S(=O)(=O)N1CCCC1. The van der Waals surface area contributed by atoms with E-state index >= 15 is 0 Å². The van der Waals surface area contributed by atoms with Crippen LogP contribution < -0.4 is 19.5 Å². The first kappa shape index (κ1) is 24.8. The average Bonchev–Trinajstić information content (AvgIpc) is 3.30. The van der Waals surface area contributed by atoms with E-state index < -0.39 is 20.0 Å². The molecule has 0 aromatic heterocycles. The van der Waals surface area contributed by atoms with Crippen molar-refractivity contribution in [3.8, 4) is 11.5 Å². The molecule has 0 unspecified atom stereocenters. The van der Waals surface area contributed by atoms with E-state index in [4.69, 9.17) is 9.47 Å². The molecule has 180 valence electrons. The predicted molar refractivity (Wildman–Crippen MR) is 124 cm³/mol. The standard InChI is InChI=1S/C21H27N3O7S2/c1-4-31-19-10-8-17(14-21(19)33(28,29)24-11-5-6-12-24)23-32(26,27)20-13-16(22-15(2)25)7-9-18(20)30-3/h7-10,13-14,23H,4-6,11-12H2,1-3H3,(H,22,25). The molecule has 2 aromatic rings. The van der Waals surface area contributed by atoms with Gasteiger partial charge < -0.3 is 14.8 Å². The number of ether oxygens (including phenoxy) is 2. The highest BCUT2D eigenvalue weighted by Gasteiger charge is 2.31. The van der Waals surface area contributed by atoms with Gasteiger partial charge in [-0.05, 0) is 56.2 Å². The fraction of sp³-hybridized carbons (Fsp3) is 0.381. The van der Waals surface area contributed by atoms with Crippen molar-refractivity contribution in [1.82, 2.24) is 4.31 Å². The van der Waals surface area contributed by atoms with Gasteiger partial charge in [-0.25, -0.2) is 16.8 Å². The molecule has 0 saturated carbocycles. The topological polar surface area (TPSA) is 131 Å². The quantitative estimate of drug-likeness (QED) is 0.544. The average molecular weight is 498 g/mol. The molecule has 0 bridgehead atoms. The van der Waals surface area contributed by atoms with Crippen LogP contribution in [0.3, 0.4) is 0 Å². The molecule has 10 nitrogen and oxygen atoms in total. The highest BCUT2D eigenvalue weighted by Crippen LogP contribution is 2.34. The molecular weight excluding hydrogens is 470 g/mol. The Morgan fingerprint density at radius 1 is 0.970 bits per heavy atom. The summed E-state index contributed by atoms with van der Waals surface area (Å²) in [6, 6.07) is 8.29. The van der Waals surface area contributed by atoms with Gasteiger partial charge in [0, 0.05) is 25.7 Å². The Morgan fingerprint density at radius 3 is 2.18 bits per heavy atom. The number of nitrogens with zero attached hydrogens (tertiary/aromatic N) is 1. The van der Waals surface area contributed by atoms with Gasteiger partial charge in [0.15, 0.2) is 0 Å². The van der Waals surface area contributed by atoms with Gasteiger partial charge in [0.05, 0.1) is 19.4 Å². The molecule has 1 heterocycles. The largest absolute Gasteiger partial charge is 0.495 e. The predicted octanol–water partition coefficient (Wildman–Crippen LogP) is 2.64. The number of nitrogens with one attached hydrogen (secondary N) is 2. The monoisotopic (exact) mass is 497 g/mol. The van der Waals surface area contributed by atoms with Gasteiger partial charge in [-0.1, -0.05) is 0 Å². The summed E-state index contributed by atoms with van der Waals surface area (Å²) < 4.78 is 67.1. The van der Waals surface area contributed by atoms with Gasteiger partial charge in [-0.15, -0.1) is 0 Å². The van der Waals surface area contributed by atoms with Gasteiger partial charge in [0.2, 0.25) is 15.9 Å². The van der Waals surface area contributed by atoms with E-state index in [0.29, 0.717) is 13.1 Å². The minimum Gasteiger partial charge on any atom is -0.495 e. The van der Waals surface area contributed by atoms with Crippen molar-refractivity contribution in [2.75, 3.05) is 36.8 Å². The van der Waals surface area contributed by atoms with E-state index in [1.807, 2.05) is 0 Å². The zero-order chi connectivity index (χ0) is 24.2. The molecule has 12 heteroatoms. The van der Waals surface area contributed by atoms with Crippen molar-refractivity contribution in [1.29, 1.82) is 0 Å². The van der Waals surface area contributed by atoms with Crippen LogP contribution in [0.25, 0.3) is 0 Å². The Hall–Kier alpha value is -2.83. The number of sulfonamides is 2. The first-order valence-electron chi connectivity index (χ1n) is 10.3. The number of carbonyl (C=O) groups excluding carboxylic acids is 1. The Kier molecular flexibility index (Phi) is 7.50. The van der Waals surface area contributed by atoms with Gasteiger partial charge in [0.1, 0.15) is 21.3 Å². The van der Waals surface area contributed by atoms with Crippen molar-refractivity contribution >= 4 is 37.3 Å².